The molecule has 0 saturated carbocycles. The van der Waals surface area contributed by atoms with Crippen molar-refractivity contribution < 1.29 is 26.3 Å². The lowest BCUT2D eigenvalue weighted by atomic mass is 9.99. The smallest absolute Gasteiger partial charge is 0.398 e. The maximum Gasteiger partial charge on any atom is 0.418 e. The number of nitrogen functional groups attached to an aromatic ring is 1. The molecule has 0 aliphatic rings. The van der Waals surface area contributed by atoms with Gasteiger partial charge >= 0.3 is 12.4 Å². The van der Waals surface area contributed by atoms with Crippen molar-refractivity contribution in [3.8, 4) is 0 Å². The Kier molecular flexibility index (Phi) is 2.82. The lowest BCUT2D eigenvalue weighted by molar-refractivity contribution is -0.161. The predicted octanol–water partition coefficient (Wildman–Crippen LogP) is 3.61. The molecule has 0 saturated heterocycles. The minimum absolute atomic E-state index is 0.506. The van der Waals surface area contributed by atoms with Crippen molar-refractivity contribution in [2.75, 3.05) is 5.73 Å². The quantitative estimate of drug-likeness (QED) is 0.546. The molecule has 0 aliphatic carbocycles. The van der Waals surface area contributed by atoms with E-state index in [-0.39, 0.29) is 0 Å². The summed E-state index contributed by atoms with van der Waals surface area (Å²) in [5.74, 6) is 0. The number of nitrogens with two attached hydrogens (primary N) is 1. The van der Waals surface area contributed by atoms with E-state index in [1.807, 2.05) is 0 Å². The van der Waals surface area contributed by atoms with Crippen LogP contribution in [0.1, 0.15) is 16.7 Å². The first-order chi connectivity index (χ1) is 7.05. The van der Waals surface area contributed by atoms with Gasteiger partial charge in [0.15, 0.2) is 0 Å². The van der Waals surface area contributed by atoms with Crippen molar-refractivity contribution in [2.45, 2.75) is 19.3 Å². The van der Waals surface area contributed by atoms with Crippen LogP contribution in [0.2, 0.25) is 0 Å². The van der Waals surface area contributed by atoms with Gasteiger partial charge in [-0.2, -0.15) is 26.3 Å². The summed E-state index contributed by atoms with van der Waals surface area (Å²) in [5.41, 5.74) is -0.0197. The summed E-state index contributed by atoms with van der Waals surface area (Å²) in [5, 5.41) is 0. The van der Waals surface area contributed by atoms with Crippen LogP contribution in [-0.4, -0.2) is 0 Å². The molecule has 0 unspecified atom stereocenters. The molecule has 0 radical (unpaired) electrons. The molecular formula is C9H7F6N. The van der Waals surface area contributed by atoms with Gasteiger partial charge in [-0.3, -0.25) is 0 Å². The summed E-state index contributed by atoms with van der Waals surface area (Å²) in [4.78, 5) is 0. The lowest BCUT2D eigenvalue weighted by Crippen LogP contribution is -2.20. The zero-order valence-corrected chi connectivity index (χ0v) is 8.00. The van der Waals surface area contributed by atoms with E-state index in [0.717, 1.165) is 19.1 Å². The molecule has 1 aromatic carbocycles. The molecule has 0 atom stereocenters. The van der Waals surface area contributed by atoms with E-state index in [1.165, 1.54) is 0 Å². The summed E-state index contributed by atoms with van der Waals surface area (Å²) in [7, 11) is 0. The van der Waals surface area contributed by atoms with E-state index in [9.17, 15) is 26.3 Å². The zero-order chi connectivity index (χ0) is 12.7. The number of halogens is 6. The predicted molar refractivity (Wildman–Crippen MR) is 45.6 cm³/mol. The Morgan fingerprint density at radius 1 is 0.875 bits per heavy atom. The van der Waals surface area contributed by atoms with Crippen LogP contribution in [0.3, 0.4) is 0 Å². The second-order valence-corrected chi connectivity index (χ2v) is 3.22. The van der Waals surface area contributed by atoms with E-state index in [4.69, 9.17) is 5.73 Å². The molecule has 90 valence electrons. The molecule has 1 rings (SSSR count). The van der Waals surface area contributed by atoms with Gasteiger partial charge in [0.25, 0.3) is 0 Å². The van der Waals surface area contributed by atoms with E-state index in [2.05, 4.69) is 0 Å². The van der Waals surface area contributed by atoms with E-state index in [0.29, 0.717) is 0 Å². The number of aryl methyl sites for hydroxylation is 1. The van der Waals surface area contributed by atoms with Crippen LogP contribution in [-0.2, 0) is 12.4 Å². The Morgan fingerprint density at radius 3 is 1.62 bits per heavy atom. The Labute approximate surface area is 86.9 Å². The van der Waals surface area contributed by atoms with Gasteiger partial charge in [0.1, 0.15) is 0 Å². The minimum Gasteiger partial charge on any atom is -0.398 e. The van der Waals surface area contributed by atoms with Gasteiger partial charge in [-0.1, -0.05) is 6.07 Å². The molecule has 1 aromatic rings. The van der Waals surface area contributed by atoms with Gasteiger partial charge in [-0.05, 0) is 18.6 Å². The molecule has 0 bridgehead atoms. The van der Waals surface area contributed by atoms with Gasteiger partial charge < -0.3 is 5.73 Å². The van der Waals surface area contributed by atoms with Crippen molar-refractivity contribution in [3.63, 3.8) is 0 Å². The second-order valence-electron chi connectivity index (χ2n) is 3.22. The van der Waals surface area contributed by atoms with Crippen LogP contribution in [0.4, 0.5) is 32.0 Å². The summed E-state index contributed by atoms with van der Waals surface area (Å²) in [6.07, 6.45) is -10.2. The molecule has 0 fully saturated rings. The Hall–Kier alpha value is -1.40. The first kappa shape index (κ1) is 12.7. The highest BCUT2D eigenvalue weighted by atomic mass is 19.4. The summed E-state index contributed by atoms with van der Waals surface area (Å²) in [6.45, 7) is 0.956. The van der Waals surface area contributed by atoms with E-state index in [1.54, 1.807) is 0 Å². The fraction of sp³-hybridized carbons (Fsp3) is 0.333. The molecule has 0 spiro atoms. The lowest BCUT2D eigenvalue weighted by Gasteiger charge is -2.19. The van der Waals surface area contributed by atoms with Gasteiger partial charge in [0, 0.05) is 5.69 Å². The number of benzene rings is 1. The van der Waals surface area contributed by atoms with E-state index >= 15 is 0 Å². The maximum atomic E-state index is 12.5. The molecule has 0 aromatic heterocycles. The Balaban J connectivity index is 3.64. The first-order valence-corrected chi connectivity index (χ1v) is 4.08. The summed E-state index contributed by atoms with van der Waals surface area (Å²) >= 11 is 0. The highest BCUT2D eigenvalue weighted by Gasteiger charge is 2.45. The van der Waals surface area contributed by atoms with Crippen molar-refractivity contribution in [2.24, 2.45) is 0 Å². The van der Waals surface area contributed by atoms with Gasteiger partial charge in [-0.15, -0.1) is 0 Å². The van der Waals surface area contributed by atoms with Crippen LogP contribution in [0.15, 0.2) is 12.1 Å². The van der Waals surface area contributed by atoms with Crippen molar-refractivity contribution in [1.82, 2.24) is 0 Å². The third-order valence-electron chi connectivity index (χ3n) is 2.01. The SMILES string of the molecule is Cc1ccc(N)c(C(F)(F)F)c1C(F)(F)F. The summed E-state index contributed by atoms with van der Waals surface area (Å²) < 4.78 is 74.7. The molecular weight excluding hydrogens is 236 g/mol. The fourth-order valence-electron chi connectivity index (χ4n) is 1.39. The Bertz CT molecular complexity index is 365. The number of alkyl halides is 6. The molecule has 16 heavy (non-hydrogen) atoms. The standard InChI is InChI=1S/C9H7F6N/c1-4-2-3-5(16)7(9(13,14)15)6(4)8(10,11)12/h2-3H,16H2,1H3. The number of hydrogen-bond donors (Lipinski definition) is 1. The van der Waals surface area contributed by atoms with Crippen LogP contribution >= 0.6 is 0 Å². The van der Waals surface area contributed by atoms with Crippen LogP contribution in [0.5, 0.6) is 0 Å². The van der Waals surface area contributed by atoms with E-state index < -0.39 is 34.7 Å². The average Bonchev–Trinajstić information content (AvgIpc) is 2.04. The number of anilines is 1. The molecule has 7 heteroatoms. The topological polar surface area (TPSA) is 26.0 Å². The molecule has 1 nitrogen and oxygen atoms in total. The molecule has 0 heterocycles. The molecule has 0 amide bonds. The fourth-order valence-corrected chi connectivity index (χ4v) is 1.39. The van der Waals surface area contributed by atoms with Crippen LogP contribution < -0.4 is 5.73 Å². The van der Waals surface area contributed by atoms with Gasteiger partial charge in [0.2, 0.25) is 0 Å². The van der Waals surface area contributed by atoms with Gasteiger partial charge in [0.05, 0.1) is 11.1 Å². The highest BCUT2D eigenvalue weighted by Crippen LogP contribution is 2.44. The maximum absolute atomic E-state index is 12.5. The number of hydrogen-bond acceptors (Lipinski definition) is 1. The average molecular weight is 243 g/mol. The summed E-state index contributed by atoms with van der Waals surface area (Å²) in [6, 6.07) is 1.72. The molecule has 2 N–H and O–H groups in total. The third kappa shape index (κ3) is 2.23. The van der Waals surface area contributed by atoms with Crippen LogP contribution in [0, 0.1) is 6.92 Å². The Morgan fingerprint density at radius 2 is 1.31 bits per heavy atom. The normalized spacial score (nSPS) is 12.9. The third-order valence-corrected chi connectivity index (χ3v) is 2.01. The van der Waals surface area contributed by atoms with Crippen molar-refractivity contribution in [3.05, 3.63) is 28.8 Å². The van der Waals surface area contributed by atoms with Crippen LogP contribution in [0.25, 0.3) is 0 Å². The van der Waals surface area contributed by atoms with Crippen molar-refractivity contribution in [1.29, 1.82) is 0 Å². The second kappa shape index (κ2) is 3.57. The zero-order valence-electron chi connectivity index (χ0n) is 8.00. The van der Waals surface area contributed by atoms with Gasteiger partial charge in [-0.25, -0.2) is 0 Å². The van der Waals surface area contributed by atoms with Crippen molar-refractivity contribution >= 4 is 5.69 Å². The first-order valence-electron chi connectivity index (χ1n) is 4.08. The molecule has 0 aliphatic heterocycles. The number of rotatable bonds is 0. The monoisotopic (exact) mass is 243 g/mol. The highest BCUT2D eigenvalue weighted by molar-refractivity contribution is 5.56. The largest absolute Gasteiger partial charge is 0.418 e. The minimum atomic E-state index is -5.12.